The van der Waals surface area contributed by atoms with Crippen LogP contribution in [0, 0.1) is 10.1 Å². The van der Waals surface area contributed by atoms with E-state index in [1.807, 2.05) is 0 Å². The summed E-state index contributed by atoms with van der Waals surface area (Å²) in [4.78, 5) is 10.3. The van der Waals surface area contributed by atoms with Crippen molar-refractivity contribution in [3.8, 4) is 11.1 Å². The number of nitro groups is 1. The Kier molecular flexibility index (Phi) is 3.67. The average Bonchev–Trinajstić information content (AvgIpc) is 2.37. The molecule has 20 heavy (non-hydrogen) atoms. The molecule has 0 saturated heterocycles. The SMILES string of the molecule is O=[N+]([O-])c1c(Cl)cccc1-c1cccc(C(F)(F)F)c1. The normalized spacial score (nSPS) is 11.4. The van der Waals surface area contributed by atoms with E-state index < -0.39 is 22.4 Å². The van der Waals surface area contributed by atoms with E-state index in [2.05, 4.69) is 0 Å². The standard InChI is InChI=1S/C13H7ClF3NO2/c14-11-6-2-5-10(12(11)18(19)20)8-3-1-4-9(7-8)13(15,16)17/h1-7H. The number of hydrogen-bond donors (Lipinski definition) is 0. The molecule has 104 valence electrons. The molecule has 0 N–H and O–H groups in total. The van der Waals surface area contributed by atoms with Crippen molar-refractivity contribution in [3.05, 3.63) is 63.2 Å². The number of para-hydroxylation sites is 1. The molecule has 0 heterocycles. The summed E-state index contributed by atoms with van der Waals surface area (Å²) in [7, 11) is 0. The van der Waals surface area contributed by atoms with Gasteiger partial charge in [0.1, 0.15) is 5.02 Å². The van der Waals surface area contributed by atoms with Crippen LogP contribution in [0.4, 0.5) is 18.9 Å². The van der Waals surface area contributed by atoms with Crippen LogP contribution in [0.5, 0.6) is 0 Å². The van der Waals surface area contributed by atoms with Crippen LogP contribution in [0.2, 0.25) is 5.02 Å². The Hall–Kier alpha value is -2.08. The Morgan fingerprint density at radius 2 is 1.75 bits per heavy atom. The molecule has 0 aliphatic heterocycles. The summed E-state index contributed by atoms with van der Waals surface area (Å²) in [6, 6.07) is 8.45. The molecule has 0 atom stereocenters. The van der Waals surface area contributed by atoms with Gasteiger partial charge in [0.05, 0.1) is 16.1 Å². The maximum absolute atomic E-state index is 12.7. The van der Waals surface area contributed by atoms with E-state index in [0.29, 0.717) is 0 Å². The number of nitro benzene ring substituents is 1. The average molecular weight is 302 g/mol. The van der Waals surface area contributed by atoms with Gasteiger partial charge in [-0.1, -0.05) is 29.8 Å². The molecule has 0 unspecified atom stereocenters. The van der Waals surface area contributed by atoms with E-state index in [9.17, 15) is 23.3 Å². The molecule has 0 aromatic heterocycles. The number of halogens is 4. The van der Waals surface area contributed by atoms with Gasteiger partial charge < -0.3 is 0 Å². The lowest BCUT2D eigenvalue weighted by molar-refractivity contribution is -0.384. The van der Waals surface area contributed by atoms with Crippen molar-refractivity contribution in [1.82, 2.24) is 0 Å². The number of benzene rings is 2. The second-order valence-corrected chi connectivity index (χ2v) is 4.38. The van der Waals surface area contributed by atoms with Gasteiger partial charge in [-0.15, -0.1) is 0 Å². The predicted octanol–water partition coefficient (Wildman–Crippen LogP) is 4.93. The quantitative estimate of drug-likeness (QED) is 0.583. The fourth-order valence-electron chi connectivity index (χ4n) is 1.80. The van der Waals surface area contributed by atoms with Crippen molar-refractivity contribution in [3.63, 3.8) is 0 Å². The number of hydrogen-bond acceptors (Lipinski definition) is 2. The second kappa shape index (κ2) is 5.13. The van der Waals surface area contributed by atoms with Gasteiger partial charge in [0.2, 0.25) is 0 Å². The molecule has 0 bridgehead atoms. The predicted molar refractivity (Wildman–Crippen MR) is 68.5 cm³/mol. The molecule has 0 fully saturated rings. The van der Waals surface area contributed by atoms with E-state index in [1.165, 1.54) is 30.3 Å². The van der Waals surface area contributed by atoms with E-state index in [-0.39, 0.29) is 16.1 Å². The van der Waals surface area contributed by atoms with Gasteiger partial charge in [0.15, 0.2) is 0 Å². The maximum Gasteiger partial charge on any atom is 0.416 e. The summed E-state index contributed by atoms with van der Waals surface area (Å²) in [6.07, 6.45) is -4.51. The van der Waals surface area contributed by atoms with Gasteiger partial charge in [-0.3, -0.25) is 10.1 Å². The van der Waals surface area contributed by atoms with Crippen molar-refractivity contribution in [2.45, 2.75) is 6.18 Å². The van der Waals surface area contributed by atoms with Gasteiger partial charge in [-0.25, -0.2) is 0 Å². The first-order valence-corrected chi connectivity index (χ1v) is 5.79. The third-order valence-corrected chi connectivity index (χ3v) is 2.98. The number of nitrogens with zero attached hydrogens (tertiary/aromatic N) is 1. The Morgan fingerprint density at radius 3 is 2.35 bits per heavy atom. The van der Waals surface area contributed by atoms with Crippen LogP contribution in [0.15, 0.2) is 42.5 Å². The first-order chi connectivity index (χ1) is 9.30. The molecule has 3 nitrogen and oxygen atoms in total. The zero-order valence-electron chi connectivity index (χ0n) is 9.82. The zero-order valence-corrected chi connectivity index (χ0v) is 10.6. The van der Waals surface area contributed by atoms with E-state index in [0.717, 1.165) is 12.1 Å². The highest BCUT2D eigenvalue weighted by Gasteiger charge is 2.31. The van der Waals surface area contributed by atoms with Crippen LogP contribution in [0.25, 0.3) is 11.1 Å². The molecule has 2 aromatic rings. The topological polar surface area (TPSA) is 43.1 Å². The Morgan fingerprint density at radius 1 is 1.10 bits per heavy atom. The summed E-state index contributed by atoms with van der Waals surface area (Å²) in [6.45, 7) is 0. The Labute approximate surface area is 116 Å². The molecule has 0 aliphatic rings. The van der Waals surface area contributed by atoms with Crippen LogP contribution >= 0.6 is 11.6 Å². The van der Waals surface area contributed by atoms with Crippen molar-refractivity contribution in [2.75, 3.05) is 0 Å². The van der Waals surface area contributed by atoms with Crippen LogP contribution in [-0.2, 0) is 6.18 Å². The minimum absolute atomic E-state index is 0.0496. The summed E-state index contributed by atoms with van der Waals surface area (Å²) < 4.78 is 38.0. The third-order valence-electron chi connectivity index (χ3n) is 2.67. The lowest BCUT2D eigenvalue weighted by Crippen LogP contribution is -2.04. The molecule has 0 amide bonds. The molecular formula is C13H7ClF3NO2. The zero-order chi connectivity index (χ0) is 14.9. The highest BCUT2D eigenvalue weighted by atomic mass is 35.5. The van der Waals surface area contributed by atoms with Gasteiger partial charge >= 0.3 is 6.18 Å². The van der Waals surface area contributed by atoms with E-state index in [4.69, 9.17) is 11.6 Å². The fourth-order valence-corrected chi connectivity index (χ4v) is 2.04. The maximum atomic E-state index is 12.7. The molecule has 7 heteroatoms. The van der Waals surface area contributed by atoms with Crippen molar-refractivity contribution < 1.29 is 18.1 Å². The first kappa shape index (κ1) is 14.3. The van der Waals surface area contributed by atoms with Crippen molar-refractivity contribution >= 4 is 17.3 Å². The first-order valence-electron chi connectivity index (χ1n) is 5.41. The lowest BCUT2D eigenvalue weighted by Gasteiger charge is -2.09. The smallest absolute Gasteiger partial charge is 0.258 e. The van der Waals surface area contributed by atoms with Gasteiger partial charge in [-0.2, -0.15) is 13.2 Å². The fraction of sp³-hybridized carbons (Fsp3) is 0.0769. The van der Waals surface area contributed by atoms with Gasteiger partial charge in [-0.05, 0) is 29.8 Å². The van der Waals surface area contributed by atoms with Crippen molar-refractivity contribution in [2.24, 2.45) is 0 Å². The van der Waals surface area contributed by atoms with Crippen LogP contribution in [0.1, 0.15) is 5.56 Å². The van der Waals surface area contributed by atoms with E-state index in [1.54, 1.807) is 0 Å². The molecule has 2 aromatic carbocycles. The molecule has 0 saturated carbocycles. The molecular weight excluding hydrogens is 295 g/mol. The Bertz CT molecular complexity index is 671. The molecule has 0 aliphatic carbocycles. The van der Waals surface area contributed by atoms with Crippen LogP contribution in [-0.4, -0.2) is 4.92 Å². The molecule has 2 rings (SSSR count). The summed E-state index contributed by atoms with van der Waals surface area (Å²) >= 11 is 5.74. The largest absolute Gasteiger partial charge is 0.416 e. The summed E-state index contributed by atoms with van der Waals surface area (Å²) in [5.41, 5.74) is -1.14. The monoisotopic (exact) mass is 301 g/mol. The second-order valence-electron chi connectivity index (χ2n) is 3.97. The lowest BCUT2D eigenvalue weighted by atomic mass is 10.0. The van der Waals surface area contributed by atoms with Crippen LogP contribution < -0.4 is 0 Å². The third kappa shape index (κ3) is 2.75. The Balaban J connectivity index is 2.64. The minimum atomic E-state index is -4.51. The highest BCUT2D eigenvalue weighted by molar-refractivity contribution is 6.33. The number of alkyl halides is 3. The summed E-state index contributed by atoms with van der Waals surface area (Å²) in [5.74, 6) is 0. The summed E-state index contributed by atoms with van der Waals surface area (Å²) in [5, 5.41) is 10.9. The minimum Gasteiger partial charge on any atom is -0.258 e. The van der Waals surface area contributed by atoms with Gasteiger partial charge in [0.25, 0.3) is 5.69 Å². The molecule has 0 radical (unpaired) electrons. The van der Waals surface area contributed by atoms with E-state index >= 15 is 0 Å². The van der Waals surface area contributed by atoms with Gasteiger partial charge in [0, 0.05) is 0 Å². The highest BCUT2D eigenvalue weighted by Crippen LogP contribution is 2.38. The van der Waals surface area contributed by atoms with Crippen LogP contribution in [0.3, 0.4) is 0 Å². The van der Waals surface area contributed by atoms with Crippen molar-refractivity contribution in [1.29, 1.82) is 0 Å². The number of rotatable bonds is 2. The molecule has 0 spiro atoms.